The SMILES string of the molecule is O=C(c1ccno1)N1CC2CC1CCN2. The van der Waals surface area contributed by atoms with E-state index in [0.717, 1.165) is 25.9 Å². The van der Waals surface area contributed by atoms with E-state index in [4.69, 9.17) is 4.52 Å². The van der Waals surface area contributed by atoms with Gasteiger partial charge < -0.3 is 14.7 Å². The number of nitrogens with zero attached hydrogens (tertiary/aromatic N) is 2. The van der Waals surface area contributed by atoms with Crippen molar-refractivity contribution in [1.82, 2.24) is 15.4 Å². The number of piperidine rings is 1. The van der Waals surface area contributed by atoms with Crippen LogP contribution in [0.1, 0.15) is 23.4 Å². The van der Waals surface area contributed by atoms with Gasteiger partial charge in [-0.25, -0.2) is 0 Å². The number of carbonyl (C=O) groups is 1. The van der Waals surface area contributed by atoms with E-state index in [-0.39, 0.29) is 5.91 Å². The molecule has 2 aliphatic rings. The second-order valence-corrected chi connectivity index (χ2v) is 4.16. The van der Waals surface area contributed by atoms with Crippen LogP contribution in [-0.4, -0.2) is 41.1 Å². The van der Waals surface area contributed by atoms with Crippen LogP contribution in [0.25, 0.3) is 0 Å². The molecule has 3 heterocycles. The van der Waals surface area contributed by atoms with Crippen molar-refractivity contribution in [2.75, 3.05) is 13.1 Å². The molecule has 5 heteroatoms. The van der Waals surface area contributed by atoms with Crippen LogP contribution in [0.15, 0.2) is 16.8 Å². The highest BCUT2D eigenvalue weighted by Crippen LogP contribution is 2.25. The zero-order chi connectivity index (χ0) is 10.3. The second kappa shape index (κ2) is 3.34. The molecule has 1 aromatic heterocycles. The summed E-state index contributed by atoms with van der Waals surface area (Å²) in [5, 5.41) is 6.96. The first-order chi connectivity index (χ1) is 7.34. The van der Waals surface area contributed by atoms with Gasteiger partial charge in [0.05, 0.1) is 6.20 Å². The van der Waals surface area contributed by atoms with Gasteiger partial charge in [0.2, 0.25) is 5.76 Å². The minimum atomic E-state index is -0.0244. The number of nitrogens with one attached hydrogen (secondary N) is 1. The fourth-order valence-electron chi connectivity index (χ4n) is 2.51. The predicted octanol–water partition coefficient (Wildman–Crippen LogP) is 0.251. The fraction of sp³-hybridized carbons (Fsp3) is 0.600. The third-order valence-corrected chi connectivity index (χ3v) is 3.23. The van der Waals surface area contributed by atoms with Gasteiger partial charge >= 0.3 is 0 Å². The lowest BCUT2D eigenvalue weighted by Crippen LogP contribution is -2.36. The molecule has 2 saturated heterocycles. The van der Waals surface area contributed by atoms with Crippen molar-refractivity contribution in [1.29, 1.82) is 0 Å². The second-order valence-electron chi connectivity index (χ2n) is 4.16. The molecule has 15 heavy (non-hydrogen) atoms. The van der Waals surface area contributed by atoms with Gasteiger partial charge in [-0.1, -0.05) is 5.16 Å². The lowest BCUT2D eigenvalue weighted by atomic mass is 10.1. The van der Waals surface area contributed by atoms with Crippen LogP contribution in [0.4, 0.5) is 0 Å². The van der Waals surface area contributed by atoms with Gasteiger partial charge in [0, 0.05) is 24.7 Å². The molecule has 1 N–H and O–H groups in total. The number of amides is 1. The number of aromatic nitrogens is 1. The Balaban J connectivity index is 1.80. The lowest BCUT2D eigenvalue weighted by molar-refractivity contribution is 0.0694. The van der Waals surface area contributed by atoms with Crippen molar-refractivity contribution >= 4 is 5.91 Å². The van der Waals surface area contributed by atoms with Crippen LogP contribution in [0.2, 0.25) is 0 Å². The normalized spacial score (nSPS) is 29.5. The van der Waals surface area contributed by atoms with Gasteiger partial charge in [-0.05, 0) is 19.4 Å². The summed E-state index contributed by atoms with van der Waals surface area (Å²) in [6, 6.07) is 2.47. The molecule has 3 rings (SSSR count). The Morgan fingerprint density at radius 3 is 3.33 bits per heavy atom. The van der Waals surface area contributed by atoms with E-state index < -0.39 is 0 Å². The fourth-order valence-corrected chi connectivity index (χ4v) is 2.51. The van der Waals surface area contributed by atoms with Gasteiger partial charge in [0.15, 0.2) is 0 Å². The third kappa shape index (κ3) is 1.43. The molecule has 5 nitrogen and oxygen atoms in total. The largest absolute Gasteiger partial charge is 0.351 e. The first-order valence-corrected chi connectivity index (χ1v) is 5.29. The number of fused-ring (bicyclic) bond motifs is 2. The molecule has 1 aromatic rings. The summed E-state index contributed by atoms with van der Waals surface area (Å²) < 4.78 is 4.89. The molecular weight excluding hydrogens is 194 g/mol. The van der Waals surface area contributed by atoms with E-state index in [1.807, 2.05) is 4.90 Å². The highest BCUT2D eigenvalue weighted by molar-refractivity contribution is 5.91. The van der Waals surface area contributed by atoms with E-state index in [1.165, 1.54) is 6.20 Å². The van der Waals surface area contributed by atoms with Gasteiger partial charge in [0.1, 0.15) is 0 Å². The Hall–Kier alpha value is -1.36. The zero-order valence-corrected chi connectivity index (χ0v) is 8.35. The Morgan fingerprint density at radius 1 is 1.67 bits per heavy atom. The number of hydrogen-bond acceptors (Lipinski definition) is 4. The average Bonchev–Trinajstić information content (AvgIpc) is 2.86. The quantitative estimate of drug-likeness (QED) is 0.717. The van der Waals surface area contributed by atoms with Crippen molar-refractivity contribution < 1.29 is 9.32 Å². The Bertz CT molecular complexity index is 363. The molecule has 80 valence electrons. The molecule has 2 bridgehead atoms. The van der Waals surface area contributed by atoms with Crippen LogP contribution in [-0.2, 0) is 0 Å². The highest BCUT2D eigenvalue weighted by Gasteiger charge is 2.38. The number of carbonyl (C=O) groups excluding carboxylic acids is 1. The number of rotatable bonds is 1. The molecule has 2 unspecified atom stereocenters. The lowest BCUT2D eigenvalue weighted by Gasteiger charge is -2.23. The third-order valence-electron chi connectivity index (χ3n) is 3.23. The molecule has 0 radical (unpaired) electrons. The predicted molar refractivity (Wildman–Crippen MR) is 52.4 cm³/mol. The maximum absolute atomic E-state index is 12.0. The molecule has 0 aromatic carbocycles. The first kappa shape index (κ1) is 8.91. The Kier molecular flexibility index (Phi) is 1.98. The van der Waals surface area contributed by atoms with Gasteiger partial charge in [-0.2, -0.15) is 0 Å². The number of likely N-dealkylation sites (tertiary alicyclic amines) is 1. The summed E-state index contributed by atoms with van der Waals surface area (Å²) in [7, 11) is 0. The van der Waals surface area contributed by atoms with Crippen LogP contribution in [0, 0.1) is 0 Å². The van der Waals surface area contributed by atoms with E-state index in [9.17, 15) is 4.79 Å². The summed E-state index contributed by atoms with van der Waals surface area (Å²) in [5.74, 6) is 0.325. The minimum absolute atomic E-state index is 0.0244. The molecule has 0 spiro atoms. The molecule has 2 fully saturated rings. The molecule has 0 saturated carbocycles. The minimum Gasteiger partial charge on any atom is -0.351 e. The van der Waals surface area contributed by atoms with Crippen LogP contribution in [0.5, 0.6) is 0 Å². The van der Waals surface area contributed by atoms with Crippen LogP contribution >= 0.6 is 0 Å². The van der Waals surface area contributed by atoms with Crippen molar-refractivity contribution in [3.63, 3.8) is 0 Å². The van der Waals surface area contributed by atoms with E-state index in [0.29, 0.717) is 17.8 Å². The maximum atomic E-state index is 12.0. The molecule has 2 atom stereocenters. The summed E-state index contributed by atoms with van der Waals surface area (Å²) in [6.07, 6.45) is 3.62. The molecule has 2 aliphatic heterocycles. The standard InChI is InChI=1S/C10H13N3O2/c14-10(9-2-4-12-15-9)13-6-7-5-8(13)1-3-11-7/h2,4,7-8,11H,1,3,5-6H2. The highest BCUT2D eigenvalue weighted by atomic mass is 16.5. The van der Waals surface area contributed by atoms with Crippen LogP contribution in [0.3, 0.4) is 0 Å². The Morgan fingerprint density at radius 2 is 2.60 bits per heavy atom. The molecule has 1 amide bonds. The first-order valence-electron chi connectivity index (χ1n) is 5.29. The molecular formula is C10H13N3O2. The van der Waals surface area contributed by atoms with Crippen molar-refractivity contribution in [2.24, 2.45) is 0 Å². The van der Waals surface area contributed by atoms with Gasteiger partial charge in [0.25, 0.3) is 5.91 Å². The summed E-state index contributed by atoms with van der Waals surface area (Å²) in [4.78, 5) is 13.9. The summed E-state index contributed by atoms with van der Waals surface area (Å²) in [5.41, 5.74) is 0. The topological polar surface area (TPSA) is 58.4 Å². The van der Waals surface area contributed by atoms with Gasteiger partial charge in [-0.3, -0.25) is 4.79 Å². The van der Waals surface area contributed by atoms with E-state index in [2.05, 4.69) is 10.5 Å². The number of hydrogen-bond donors (Lipinski definition) is 1. The Labute approximate surface area is 87.4 Å². The molecule has 0 aliphatic carbocycles. The summed E-state index contributed by atoms with van der Waals surface area (Å²) in [6.45, 7) is 1.81. The van der Waals surface area contributed by atoms with Crippen molar-refractivity contribution in [3.8, 4) is 0 Å². The monoisotopic (exact) mass is 207 g/mol. The van der Waals surface area contributed by atoms with E-state index in [1.54, 1.807) is 6.07 Å². The zero-order valence-electron chi connectivity index (χ0n) is 8.35. The van der Waals surface area contributed by atoms with Crippen LogP contribution < -0.4 is 5.32 Å². The van der Waals surface area contributed by atoms with Gasteiger partial charge in [-0.15, -0.1) is 0 Å². The summed E-state index contributed by atoms with van der Waals surface area (Å²) >= 11 is 0. The average molecular weight is 207 g/mol. The van der Waals surface area contributed by atoms with E-state index >= 15 is 0 Å². The smallest absolute Gasteiger partial charge is 0.292 e. The van der Waals surface area contributed by atoms with Crippen molar-refractivity contribution in [3.05, 3.63) is 18.0 Å². The maximum Gasteiger partial charge on any atom is 0.292 e. The van der Waals surface area contributed by atoms with Crippen molar-refractivity contribution in [2.45, 2.75) is 24.9 Å².